The quantitative estimate of drug-likeness (QED) is 0.831. The summed E-state index contributed by atoms with van der Waals surface area (Å²) in [5, 5.41) is -0.0846. The first-order valence-electron chi connectivity index (χ1n) is 4.21. The van der Waals surface area contributed by atoms with Crippen LogP contribution in [0, 0.1) is 5.82 Å². The average Bonchev–Trinajstić information content (AvgIpc) is 2.75. The molecule has 0 unspecified atom stereocenters. The Kier molecular flexibility index (Phi) is 2.57. The fraction of sp³-hybridized carbons (Fsp3) is 0. The van der Waals surface area contributed by atoms with Gasteiger partial charge in [0.15, 0.2) is 5.03 Å². The van der Waals surface area contributed by atoms with Crippen LogP contribution in [-0.2, 0) is 10.0 Å². The van der Waals surface area contributed by atoms with Crippen LogP contribution in [0.5, 0.6) is 0 Å². The van der Waals surface area contributed by atoms with Crippen LogP contribution < -0.4 is 4.72 Å². The van der Waals surface area contributed by atoms with E-state index in [2.05, 4.69) is 19.7 Å². The van der Waals surface area contributed by atoms with Gasteiger partial charge in [-0.3, -0.25) is 4.72 Å². The molecule has 2 heterocycles. The first-order valence-corrected chi connectivity index (χ1v) is 5.69. The number of imidazole rings is 1. The van der Waals surface area contributed by atoms with Crippen molar-refractivity contribution in [2.75, 3.05) is 4.72 Å². The van der Waals surface area contributed by atoms with E-state index in [0.717, 1.165) is 18.5 Å². The van der Waals surface area contributed by atoms with Gasteiger partial charge in [-0.1, -0.05) is 0 Å². The van der Waals surface area contributed by atoms with Gasteiger partial charge in [-0.05, 0) is 12.1 Å². The van der Waals surface area contributed by atoms with E-state index in [0.29, 0.717) is 0 Å². The minimum atomic E-state index is -3.74. The summed E-state index contributed by atoms with van der Waals surface area (Å²) < 4.78 is 38.0. The van der Waals surface area contributed by atoms with Crippen molar-refractivity contribution in [1.82, 2.24) is 15.0 Å². The largest absolute Gasteiger partial charge is 0.334 e. The van der Waals surface area contributed by atoms with Gasteiger partial charge in [0, 0.05) is 0 Å². The number of aromatic amines is 1. The Hall–Kier alpha value is -1.96. The van der Waals surface area contributed by atoms with Crippen molar-refractivity contribution in [3.05, 3.63) is 36.7 Å². The van der Waals surface area contributed by atoms with E-state index in [1.807, 2.05) is 0 Å². The number of anilines is 1. The summed E-state index contributed by atoms with van der Waals surface area (Å²) in [6.45, 7) is 0. The number of hydrogen-bond acceptors (Lipinski definition) is 4. The molecule has 0 aliphatic rings. The van der Waals surface area contributed by atoms with Crippen molar-refractivity contribution in [1.29, 1.82) is 0 Å². The Bertz CT molecular complexity index is 565. The molecule has 0 saturated carbocycles. The second-order valence-electron chi connectivity index (χ2n) is 2.88. The lowest BCUT2D eigenvalue weighted by Crippen LogP contribution is -2.14. The smallest absolute Gasteiger partial charge is 0.280 e. The van der Waals surface area contributed by atoms with Gasteiger partial charge in [0.05, 0.1) is 18.7 Å². The molecule has 2 N–H and O–H groups in total. The number of hydrogen-bond donors (Lipinski definition) is 2. The lowest BCUT2D eigenvalue weighted by atomic mass is 10.5. The molecule has 8 heteroatoms. The van der Waals surface area contributed by atoms with E-state index in [4.69, 9.17) is 0 Å². The van der Waals surface area contributed by atoms with Crippen LogP contribution in [0.15, 0.2) is 35.9 Å². The monoisotopic (exact) mass is 242 g/mol. The van der Waals surface area contributed by atoms with Crippen molar-refractivity contribution < 1.29 is 12.8 Å². The van der Waals surface area contributed by atoms with Crippen molar-refractivity contribution in [3.63, 3.8) is 0 Å². The van der Waals surface area contributed by atoms with Crippen molar-refractivity contribution in [3.8, 4) is 0 Å². The van der Waals surface area contributed by atoms with Gasteiger partial charge in [0.1, 0.15) is 11.6 Å². The number of nitrogens with one attached hydrogen (secondary N) is 2. The molecule has 84 valence electrons. The van der Waals surface area contributed by atoms with Gasteiger partial charge < -0.3 is 4.98 Å². The molecule has 0 aliphatic heterocycles. The Labute approximate surface area is 90.6 Å². The first kappa shape index (κ1) is 10.6. The normalized spacial score (nSPS) is 11.3. The molecule has 0 aliphatic carbocycles. The van der Waals surface area contributed by atoms with Crippen molar-refractivity contribution in [2.24, 2.45) is 0 Å². The highest BCUT2D eigenvalue weighted by atomic mass is 32.2. The Morgan fingerprint density at radius 2 is 2.12 bits per heavy atom. The highest BCUT2D eigenvalue weighted by Gasteiger charge is 2.15. The molecule has 0 saturated heterocycles. The van der Waals surface area contributed by atoms with E-state index >= 15 is 0 Å². The summed E-state index contributed by atoms with van der Waals surface area (Å²) >= 11 is 0. The van der Waals surface area contributed by atoms with E-state index in [1.165, 1.54) is 12.4 Å². The van der Waals surface area contributed by atoms with Crippen LogP contribution >= 0.6 is 0 Å². The predicted octanol–water partition coefficient (Wildman–Crippen LogP) is 0.745. The molecule has 0 aromatic carbocycles. The number of halogens is 1. The molecule has 0 bridgehead atoms. The second-order valence-corrected chi connectivity index (χ2v) is 4.53. The third kappa shape index (κ3) is 2.16. The Morgan fingerprint density at radius 3 is 2.69 bits per heavy atom. The Morgan fingerprint density at radius 1 is 1.31 bits per heavy atom. The molecule has 2 aromatic rings. The lowest BCUT2D eigenvalue weighted by Gasteiger charge is -2.04. The highest BCUT2D eigenvalue weighted by Crippen LogP contribution is 2.11. The molecular weight excluding hydrogens is 235 g/mol. The summed E-state index contributed by atoms with van der Waals surface area (Å²) in [7, 11) is -3.74. The summed E-state index contributed by atoms with van der Waals surface area (Å²) in [4.78, 5) is 9.61. The summed E-state index contributed by atoms with van der Waals surface area (Å²) in [6.07, 6.45) is 3.32. The van der Waals surface area contributed by atoms with E-state index in [9.17, 15) is 12.8 Å². The van der Waals surface area contributed by atoms with E-state index in [1.54, 1.807) is 0 Å². The minimum Gasteiger partial charge on any atom is -0.334 e. The van der Waals surface area contributed by atoms with Crippen LogP contribution in [-0.4, -0.2) is 23.4 Å². The molecule has 16 heavy (non-hydrogen) atoms. The third-order valence-corrected chi connectivity index (χ3v) is 3.01. The summed E-state index contributed by atoms with van der Waals surface area (Å²) in [5.74, 6) is -0.500. The standard InChI is InChI=1S/C8H7FN4O2S/c9-6-1-2-7(11-3-6)13-16(14,15)8-4-10-5-12-8/h1-5H,(H,10,12)(H,11,13). The minimum absolute atomic E-state index is 0.0380. The zero-order valence-corrected chi connectivity index (χ0v) is 8.70. The lowest BCUT2D eigenvalue weighted by molar-refractivity contribution is 0.597. The zero-order chi connectivity index (χ0) is 11.6. The maximum absolute atomic E-state index is 12.5. The number of rotatable bonds is 3. The van der Waals surface area contributed by atoms with Gasteiger partial charge in [-0.2, -0.15) is 8.42 Å². The zero-order valence-electron chi connectivity index (χ0n) is 7.88. The fourth-order valence-corrected chi connectivity index (χ4v) is 1.93. The molecule has 0 atom stereocenters. The molecule has 2 aromatic heterocycles. The van der Waals surface area contributed by atoms with E-state index < -0.39 is 15.8 Å². The Balaban J connectivity index is 2.25. The molecule has 0 radical (unpaired) electrons. The molecule has 2 rings (SSSR count). The van der Waals surface area contributed by atoms with E-state index in [-0.39, 0.29) is 10.8 Å². The van der Waals surface area contributed by atoms with Gasteiger partial charge in [-0.25, -0.2) is 14.4 Å². The fourth-order valence-electron chi connectivity index (χ4n) is 1.02. The summed E-state index contributed by atoms with van der Waals surface area (Å²) in [5.41, 5.74) is 0. The van der Waals surface area contributed by atoms with Crippen LogP contribution in [0.25, 0.3) is 0 Å². The maximum atomic E-state index is 12.5. The number of pyridine rings is 1. The van der Waals surface area contributed by atoms with Crippen molar-refractivity contribution >= 4 is 15.8 Å². The maximum Gasteiger partial charge on any atom is 0.280 e. The van der Waals surface area contributed by atoms with Gasteiger partial charge in [0.25, 0.3) is 10.0 Å². The van der Waals surface area contributed by atoms with Crippen LogP contribution in [0.4, 0.5) is 10.2 Å². The third-order valence-electron chi connectivity index (χ3n) is 1.73. The summed E-state index contributed by atoms with van der Waals surface area (Å²) in [6, 6.07) is 2.33. The highest BCUT2D eigenvalue weighted by molar-refractivity contribution is 7.92. The number of aromatic nitrogens is 3. The van der Waals surface area contributed by atoms with Gasteiger partial charge in [0.2, 0.25) is 0 Å². The molecular formula is C8H7FN4O2S. The number of H-pyrrole nitrogens is 1. The SMILES string of the molecule is O=S(=O)(Nc1ccc(F)cn1)c1cnc[nH]1. The topological polar surface area (TPSA) is 87.7 Å². The number of sulfonamides is 1. The molecule has 0 spiro atoms. The average molecular weight is 242 g/mol. The van der Waals surface area contributed by atoms with Gasteiger partial charge >= 0.3 is 0 Å². The van der Waals surface area contributed by atoms with Crippen LogP contribution in [0.2, 0.25) is 0 Å². The van der Waals surface area contributed by atoms with Crippen LogP contribution in [0.3, 0.4) is 0 Å². The molecule has 0 fully saturated rings. The predicted molar refractivity (Wildman–Crippen MR) is 53.6 cm³/mol. The van der Waals surface area contributed by atoms with Crippen molar-refractivity contribution in [2.45, 2.75) is 5.03 Å². The van der Waals surface area contributed by atoms with Gasteiger partial charge in [-0.15, -0.1) is 0 Å². The first-order chi connectivity index (χ1) is 7.58. The molecule has 6 nitrogen and oxygen atoms in total. The van der Waals surface area contributed by atoms with Crippen LogP contribution in [0.1, 0.15) is 0 Å². The molecule has 0 amide bonds. The number of nitrogens with zero attached hydrogens (tertiary/aromatic N) is 2. The second kappa shape index (κ2) is 3.89.